The minimum absolute atomic E-state index is 0.101. The number of nitrogens with zero attached hydrogens (tertiary/aromatic N) is 1. The van der Waals surface area contributed by atoms with Crippen molar-refractivity contribution in [2.24, 2.45) is 0 Å². The highest BCUT2D eigenvalue weighted by Gasteiger charge is 2.45. The average Bonchev–Trinajstić information content (AvgIpc) is 2.79. The quantitative estimate of drug-likeness (QED) is 0.524. The molecule has 0 saturated carbocycles. The van der Waals surface area contributed by atoms with Crippen molar-refractivity contribution in [3.63, 3.8) is 0 Å². The summed E-state index contributed by atoms with van der Waals surface area (Å²) in [6.07, 6.45) is 0. The van der Waals surface area contributed by atoms with Gasteiger partial charge in [0, 0.05) is 18.2 Å². The molecule has 0 spiro atoms. The Morgan fingerprint density at radius 3 is 2.33 bits per heavy atom. The molecule has 1 atom stereocenters. The van der Waals surface area contributed by atoms with Crippen LogP contribution in [-0.2, 0) is 9.59 Å². The lowest BCUT2D eigenvalue weighted by Crippen LogP contribution is -2.25. The summed E-state index contributed by atoms with van der Waals surface area (Å²) in [5.41, 5.74) is 1.48. The van der Waals surface area contributed by atoms with E-state index in [1.165, 1.54) is 25.2 Å². The molecule has 24 heavy (non-hydrogen) atoms. The first-order valence-electron chi connectivity index (χ1n) is 7.48. The number of Topliss-reactive ketones (excluding diaryl/α,β-unsaturated/α-hetero) is 1. The van der Waals surface area contributed by atoms with Crippen molar-refractivity contribution in [1.82, 2.24) is 4.90 Å². The number of carbonyl (C=O) groups excluding carboxylic acids is 2. The number of hydrogen-bond donors (Lipinski definition) is 1. The molecule has 0 aromatic heterocycles. The van der Waals surface area contributed by atoms with E-state index in [9.17, 15) is 19.1 Å². The van der Waals surface area contributed by atoms with Gasteiger partial charge in [0.25, 0.3) is 11.7 Å². The van der Waals surface area contributed by atoms with Gasteiger partial charge in [-0.25, -0.2) is 4.39 Å². The number of rotatable bonds is 2. The zero-order valence-corrected chi connectivity index (χ0v) is 13.3. The van der Waals surface area contributed by atoms with Gasteiger partial charge in [-0.1, -0.05) is 48.0 Å². The maximum atomic E-state index is 14.2. The van der Waals surface area contributed by atoms with Gasteiger partial charge in [-0.15, -0.1) is 0 Å². The zero-order chi connectivity index (χ0) is 17.4. The number of aliphatic hydroxyl groups is 1. The summed E-state index contributed by atoms with van der Waals surface area (Å²) in [5, 5.41) is 10.6. The van der Waals surface area contributed by atoms with Crippen LogP contribution >= 0.6 is 0 Å². The Morgan fingerprint density at radius 2 is 1.71 bits per heavy atom. The van der Waals surface area contributed by atoms with Gasteiger partial charge in [0.15, 0.2) is 0 Å². The van der Waals surface area contributed by atoms with Crippen molar-refractivity contribution >= 4 is 17.4 Å². The molecule has 0 radical (unpaired) electrons. The second-order valence-electron chi connectivity index (χ2n) is 5.80. The molecule has 1 aliphatic rings. The van der Waals surface area contributed by atoms with Gasteiger partial charge in [0.05, 0.1) is 11.6 Å². The van der Waals surface area contributed by atoms with E-state index in [0.29, 0.717) is 5.56 Å². The molecule has 1 aliphatic heterocycles. The summed E-state index contributed by atoms with van der Waals surface area (Å²) >= 11 is 0. The Labute approximate surface area is 138 Å². The first kappa shape index (κ1) is 15.9. The van der Waals surface area contributed by atoms with Crippen LogP contribution in [0, 0.1) is 12.7 Å². The van der Waals surface area contributed by atoms with Crippen molar-refractivity contribution in [3.8, 4) is 0 Å². The van der Waals surface area contributed by atoms with Crippen molar-refractivity contribution in [3.05, 3.63) is 76.6 Å². The highest BCUT2D eigenvalue weighted by atomic mass is 19.1. The van der Waals surface area contributed by atoms with Gasteiger partial charge in [-0.2, -0.15) is 0 Å². The highest BCUT2D eigenvalue weighted by molar-refractivity contribution is 6.46. The average molecular weight is 325 g/mol. The van der Waals surface area contributed by atoms with Crippen LogP contribution in [0.25, 0.3) is 5.76 Å². The molecule has 0 aliphatic carbocycles. The Bertz CT molecular complexity index is 855. The number of halogens is 1. The molecule has 0 bridgehead atoms. The molecule has 5 heteroatoms. The van der Waals surface area contributed by atoms with Crippen LogP contribution in [-0.4, -0.2) is 28.7 Å². The number of likely N-dealkylation sites (tertiary alicyclic amines) is 1. The van der Waals surface area contributed by atoms with Crippen LogP contribution in [0.2, 0.25) is 0 Å². The second-order valence-corrected chi connectivity index (χ2v) is 5.80. The van der Waals surface area contributed by atoms with Crippen molar-refractivity contribution < 1.29 is 19.1 Å². The molecule has 1 heterocycles. The van der Waals surface area contributed by atoms with E-state index in [1.54, 1.807) is 30.3 Å². The smallest absolute Gasteiger partial charge is 0.295 e. The Morgan fingerprint density at radius 1 is 1.08 bits per heavy atom. The third kappa shape index (κ3) is 2.48. The topological polar surface area (TPSA) is 57.6 Å². The number of aryl methyl sites for hydroxylation is 1. The van der Waals surface area contributed by atoms with Crippen molar-refractivity contribution in [2.45, 2.75) is 13.0 Å². The van der Waals surface area contributed by atoms with Gasteiger partial charge in [-0.05, 0) is 13.0 Å². The fraction of sp³-hybridized carbons (Fsp3) is 0.158. The molecule has 1 saturated heterocycles. The van der Waals surface area contributed by atoms with Crippen LogP contribution < -0.4 is 0 Å². The number of ketones is 1. The summed E-state index contributed by atoms with van der Waals surface area (Å²) < 4.78 is 14.2. The van der Waals surface area contributed by atoms with Crippen LogP contribution in [0.15, 0.2) is 54.1 Å². The lowest BCUT2D eigenvalue weighted by molar-refractivity contribution is -0.139. The van der Waals surface area contributed by atoms with Crippen molar-refractivity contribution in [1.29, 1.82) is 0 Å². The maximum Gasteiger partial charge on any atom is 0.295 e. The van der Waals surface area contributed by atoms with E-state index >= 15 is 0 Å². The molecule has 1 amide bonds. The van der Waals surface area contributed by atoms with Gasteiger partial charge >= 0.3 is 0 Å². The third-order valence-electron chi connectivity index (χ3n) is 4.20. The predicted molar refractivity (Wildman–Crippen MR) is 87.6 cm³/mol. The first-order chi connectivity index (χ1) is 11.4. The largest absolute Gasteiger partial charge is 0.507 e. The first-order valence-corrected chi connectivity index (χ1v) is 7.48. The lowest BCUT2D eigenvalue weighted by atomic mass is 9.95. The second kappa shape index (κ2) is 5.92. The highest BCUT2D eigenvalue weighted by Crippen LogP contribution is 2.39. The number of carbonyl (C=O) groups is 2. The SMILES string of the molecule is Cc1ccc(/C(O)=C2\C(=O)C(=O)N(C)[C@H]2c2ccccc2F)cc1. The summed E-state index contributed by atoms with van der Waals surface area (Å²) in [7, 11) is 1.42. The molecule has 2 aromatic rings. The lowest BCUT2D eigenvalue weighted by Gasteiger charge is -2.21. The molecule has 3 rings (SSSR count). The molecular weight excluding hydrogens is 309 g/mol. The molecule has 4 nitrogen and oxygen atoms in total. The van der Waals surface area contributed by atoms with E-state index in [1.807, 2.05) is 6.92 Å². The fourth-order valence-corrected chi connectivity index (χ4v) is 2.88. The molecule has 0 unspecified atom stereocenters. The Hall–Kier alpha value is -2.95. The molecule has 2 aromatic carbocycles. The van der Waals surface area contributed by atoms with E-state index in [4.69, 9.17) is 0 Å². The van der Waals surface area contributed by atoms with Gasteiger partial charge in [0.2, 0.25) is 0 Å². The van der Waals surface area contributed by atoms with Gasteiger partial charge in [0.1, 0.15) is 11.6 Å². The third-order valence-corrected chi connectivity index (χ3v) is 4.20. The maximum absolute atomic E-state index is 14.2. The van der Waals surface area contributed by atoms with Crippen LogP contribution in [0.4, 0.5) is 4.39 Å². The van der Waals surface area contributed by atoms with E-state index in [2.05, 4.69) is 0 Å². The number of hydrogen-bond acceptors (Lipinski definition) is 3. The van der Waals surface area contributed by atoms with Crippen LogP contribution in [0.5, 0.6) is 0 Å². The summed E-state index contributed by atoms with van der Waals surface area (Å²) in [6, 6.07) is 11.9. The summed E-state index contributed by atoms with van der Waals surface area (Å²) in [6.45, 7) is 1.90. The van der Waals surface area contributed by atoms with Crippen molar-refractivity contribution in [2.75, 3.05) is 7.05 Å². The molecular formula is C19H16FNO3. The zero-order valence-electron chi connectivity index (χ0n) is 13.3. The Kier molecular flexibility index (Phi) is 3.93. The number of benzene rings is 2. The minimum Gasteiger partial charge on any atom is -0.507 e. The minimum atomic E-state index is -0.951. The van der Waals surface area contributed by atoms with E-state index in [-0.39, 0.29) is 16.9 Å². The monoisotopic (exact) mass is 325 g/mol. The van der Waals surface area contributed by atoms with Crippen LogP contribution in [0.1, 0.15) is 22.7 Å². The molecule has 1 fully saturated rings. The fourth-order valence-electron chi connectivity index (χ4n) is 2.88. The molecule has 122 valence electrons. The number of amides is 1. The summed E-state index contributed by atoms with van der Waals surface area (Å²) in [5.74, 6) is -2.42. The summed E-state index contributed by atoms with van der Waals surface area (Å²) in [4.78, 5) is 25.6. The Balaban J connectivity index is 2.20. The van der Waals surface area contributed by atoms with E-state index < -0.39 is 23.5 Å². The van der Waals surface area contributed by atoms with Gasteiger partial charge < -0.3 is 10.0 Å². The number of likely N-dealkylation sites (N-methyl/N-ethyl adjacent to an activating group) is 1. The standard InChI is InChI=1S/C19H16FNO3/c1-11-7-9-12(10-8-11)17(22)15-16(21(2)19(24)18(15)23)13-5-3-4-6-14(13)20/h3-10,16,22H,1-2H3/b17-15+/t16-/m0/s1. The molecule has 1 N–H and O–H groups in total. The normalized spacial score (nSPS) is 19.8. The number of aliphatic hydroxyl groups excluding tert-OH is 1. The van der Waals surface area contributed by atoms with E-state index in [0.717, 1.165) is 10.5 Å². The van der Waals surface area contributed by atoms with Gasteiger partial charge in [-0.3, -0.25) is 9.59 Å². The predicted octanol–water partition coefficient (Wildman–Crippen LogP) is 3.19. The van der Waals surface area contributed by atoms with Crippen LogP contribution in [0.3, 0.4) is 0 Å².